The lowest BCUT2D eigenvalue weighted by atomic mass is 10.0. The van der Waals surface area contributed by atoms with Crippen LogP contribution in [0.25, 0.3) is 0 Å². The highest BCUT2D eigenvalue weighted by atomic mass is 35.5. The largest absolute Gasteiger partial charge is 0.385 e. The number of nitrogens with one attached hydrogen (secondary N) is 1. The van der Waals surface area contributed by atoms with Crippen molar-refractivity contribution in [2.45, 2.75) is 18.8 Å². The molecule has 0 atom stereocenters. The summed E-state index contributed by atoms with van der Waals surface area (Å²) in [5.41, 5.74) is 0.122. The lowest BCUT2D eigenvalue weighted by Crippen LogP contribution is -2.18. The van der Waals surface area contributed by atoms with Gasteiger partial charge in [-0.2, -0.15) is 5.26 Å². The molecular formula is C19H16Cl2F2N2O2. The monoisotopic (exact) mass is 412 g/mol. The van der Waals surface area contributed by atoms with Gasteiger partial charge >= 0.3 is 0 Å². The summed E-state index contributed by atoms with van der Waals surface area (Å²) in [5, 5.41) is 11.7. The minimum absolute atomic E-state index is 0.0225. The molecule has 27 heavy (non-hydrogen) atoms. The van der Waals surface area contributed by atoms with E-state index in [0.29, 0.717) is 5.69 Å². The number of anilines is 1. The second-order valence-corrected chi connectivity index (χ2v) is 6.57. The van der Waals surface area contributed by atoms with Crippen LogP contribution >= 0.6 is 23.2 Å². The Morgan fingerprint density at radius 2 is 1.93 bits per heavy atom. The molecule has 0 fully saturated rings. The first-order chi connectivity index (χ1) is 12.8. The van der Waals surface area contributed by atoms with Gasteiger partial charge in [-0.05, 0) is 42.8 Å². The van der Waals surface area contributed by atoms with E-state index >= 15 is 0 Å². The van der Waals surface area contributed by atoms with Crippen molar-refractivity contribution in [3.8, 4) is 6.07 Å². The second-order valence-electron chi connectivity index (χ2n) is 5.76. The van der Waals surface area contributed by atoms with Gasteiger partial charge in [-0.3, -0.25) is 4.79 Å². The van der Waals surface area contributed by atoms with Crippen LogP contribution < -0.4 is 5.32 Å². The molecule has 0 aliphatic carbocycles. The average molecular weight is 413 g/mol. The number of hydrogen-bond donors (Lipinski definition) is 1. The van der Waals surface area contributed by atoms with Gasteiger partial charge in [0.25, 0.3) is 11.8 Å². The fraction of sp³-hybridized carbons (Fsp3) is 0.263. The molecule has 0 bridgehead atoms. The topological polar surface area (TPSA) is 62.1 Å². The van der Waals surface area contributed by atoms with E-state index in [1.807, 2.05) is 6.07 Å². The van der Waals surface area contributed by atoms with Gasteiger partial charge in [0.2, 0.25) is 0 Å². The van der Waals surface area contributed by atoms with Crippen molar-refractivity contribution < 1.29 is 18.3 Å². The molecule has 0 saturated heterocycles. The Kier molecular flexibility index (Phi) is 7.14. The number of carbonyl (C=O) groups excluding carboxylic acids is 1. The van der Waals surface area contributed by atoms with Crippen LogP contribution in [0.3, 0.4) is 0 Å². The molecule has 1 amide bonds. The number of amides is 1. The summed E-state index contributed by atoms with van der Waals surface area (Å²) in [6.07, 6.45) is -0.299. The van der Waals surface area contributed by atoms with E-state index in [9.17, 15) is 13.6 Å². The molecule has 0 heterocycles. The number of methoxy groups -OCH3 is 1. The molecule has 4 nitrogen and oxygen atoms in total. The lowest BCUT2D eigenvalue weighted by molar-refractivity contribution is -0.0203. The third-order valence-corrected chi connectivity index (χ3v) is 4.47. The van der Waals surface area contributed by atoms with Crippen LogP contribution in [-0.4, -0.2) is 19.6 Å². The van der Waals surface area contributed by atoms with E-state index in [2.05, 4.69) is 5.32 Å². The predicted molar refractivity (Wildman–Crippen MR) is 101 cm³/mol. The number of rotatable bonds is 7. The Bertz CT molecular complexity index is 882. The Morgan fingerprint density at radius 1 is 1.22 bits per heavy atom. The van der Waals surface area contributed by atoms with Crippen molar-refractivity contribution in [3.63, 3.8) is 0 Å². The molecule has 0 aromatic heterocycles. The number of nitrogens with zero attached hydrogens (tertiary/aromatic N) is 1. The number of ether oxygens (including phenoxy) is 1. The summed E-state index contributed by atoms with van der Waals surface area (Å²) < 4.78 is 33.7. The summed E-state index contributed by atoms with van der Waals surface area (Å²) in [5.74, 6) is -3.80. The van der Waals surface area contributed by atoms with E-state index in [-0.39, 0.29) is 34.2 Å². The molecule has 2 aromatic carbocycles. The zero-order valence-electron chi connectivity index (χ0n) is 14.4. The number of halogens is 4. The Labute approximate surface area is 165 Å². The van der Waals surface area contributed by atoms with Gasteiger partial charge < -0.3 is 10.1 Å². The predicted octanol–water partition coefficient (Wildman–Crippen LogP) is 5.64. The highest BCUT2D eigenvalue weighted by molar-refractivity contribution is 6.32. The smallest absolute Gasteiger partial charge is 0.274 e. The van der Waals surface area contributed by atoms with Crippen molar-refractivity contribution in [2.75, 3.05) is 19.0 Å². The van der Waals surface area contributed by atoms with Crippen LogP contribution in [0.2, 0.25) is 10.0 Å². The number of hydrogen-bond acceptors (Lipinski definition) is 3. The minimum atomic E-state index is -3.19. The highest BCUT2D eigenvalue weighted by Gasteiger charge is 2.33. The van der Waals surface area contributed by atoms with Crippen LogP contribution in [0.4, 0.5) is 14.5 Å². The first-order valence-corrected chi connectivity index (χ1v) is 8.72. The van der Waals surface area contributed by atoms with Crippen molar-refractivity contribution in [3.05, 3.63) is 63.1 Å². The number of benzene rings is 2. The Hall–Kier alpha value is -2.20. The van der Waals surface area contributed by atoms with Crippen LogP contribution in [0.15, 0.2) is 36.4 Å². The summed E-state index contributed by atoms with van der Waals surface area (Å²) in [4.78, 5) is 12.4. The lowest BCUT2D eigenvalue weighted by Gasteiger charge is -2.19. The summed E-state index contributed by atoms with van der Waals surface area (Å²) >= 11 is 11.8. The van der Waals surface area contributed by atoms with E-state index < -0.39 is 23.8 Å². The molecule has 8 heteroatoms. The van der Waals surface area contributed by atoms with Gasteiger partial charge in [-0.25, -0.2) is 8.78 Å². The van der Waals surface area contributed by atoms with Gasteiger partial charge in [-0.15, -0.1) is 0 Å². The molecule has 142 valence electrons. The zero-order valence-corrected chi connectivity index (χ0v) is 15.9. The zero-order chi connectivity index (χ0) is 20.0. The molecule has 0 saturated carbocycles. The maximum Gasteiger partial charge on any atom is 0.274 e. The first kappa shape index (κ1) is 21.1. The van der Waals surface area contributed by atoms with Crippen molar-refractivity contribution in [1.82, 2.24) is 0 Å². The minimum Gasteiger partial charge on any atom is -0.385 e. The van der Waals surface area contributed by atoms with Gasteiger partial charge in [0, 0.05) is 42.0 Å². The van der Waals surface area contributed by atoms with E-state index in [1.54, 1.807) is 0 Å². The van der Waals surface area contributed by atoms with Gasteiger partial charge in [0.1, 0.15) is 6.07 Å². The number of alkyl halides is 2. The quantitative estimate of drug-likeness (QED) is 0.598. The molecule has 0 aliphatic rings. The molecule has 1 N–H and O–H groups in total. The summed E-state index contributed by atoms with van der Waals surface area (Å²) in [7, 11) is 1.44. The number of nitriles is 1. The fourth-order valence-electron chi connectivity index (χ4n) is 2.41. The van der Waals surface area contributed by atoms with Crippen LogP contribution in [-0.2, 0) is 10.7 Å². The third-order valence-electron chi connectivity index (χ3n) is 3.81. The average Bonchev–Trinajstić information content (AvgIpc) is 2.63. The first-order valence-electron chi connectivity index (χ1n) is 7.96. The fourth-order valence-corrected chi connectivity index (χ4v) is 2.83. The molecule has 0 aliphatic heterocycles. The third kappa shape index (κ3) is 5.39. The molecule has 2 aromatic rings. The second kappa shape index (κ2) is 9.14. The Balaban J connectivity index is 2.24. The maximum absolute atomic E-state index is 14.4. The highest BCUT2D eigenvalue weighted by Crippen LogP contribution is 2.38. The van der Waals surface area contributed by atoms with Gasteiger partial charge in [0.05, 0.1) is 10.6 Å². The van der Waals surface area contributed by atoms with E-state index in [1.165, 1.54) is 37.4 Å². The molecule has 2 rings (SSSR count). The van der Waals surface area contributed by atoms with E-state index in [4.69, 9.17) is 33.2 Å². The van der Waals surface area contributed by atoms with Crippen LogP contribution in [0.5, 0.6) is 0 Å². The van der Waals surface area contributed by atoms with Crippen molar-refractivity contribution in [2.24, 2.45) is 0 Å². The normalized spacial score (nSPS) is 11.1. The SMILES string of the molecule is COCCCC(F)(F)c1cc(C(=O)Nc2ccc(Cl)c(C#N)c2)ccc1Cl. The van der Waals surface area contributed by atoms with E-state index in [0.717, 1.165) is 6.07 Å². The van der Waals surface area contributed by atoms with Crippen LogP contribution in [0.1, 0.15) is 34.3 Å². The molecule has 0 unspecified atom stereocenters. The molecule has 0 spiro atoms. The Morgan fingerprint density at radius 3 is 2.59 bits per heavy atom. The van der Waals surface area contributed by atoms with Crippen molar-refractivity contribution in [1.29, 1.82) is 5.26 Å². The summed E-state index contributed by atoms with van der Waals surface area (Å²) in [6.45, 7) is 0.200. The summed E-state index contributed by atoms with van der Waals surface area (Å²) in [6, 6.07) is 9.97. The van der Waals surface area contributed by atoms with Gasteiger partial charge in [0.15, 0.2) is 0 Å². The molecular weight excluding hydrogens is 397 g/mol. The maximum atomic E-state index is 14.4. The van der Waals surface area contributed by atoms with Crippen molar-refractivity contribution >= 4 is 34.8 Å². The standard InChI is InChI=1S/C19H16Cl2F2N2O2/c1-27-8-2-7-19(22,23)15-10-12(3-5-17(15)21)18(26)25-14-4-6-16(20)13(9-14)11-24/h3-6,9-10H,2,7-8H2,1H3,(H,25,26). The number of carbonyl (C=O) groups is 1. The van der Waals surface area contributed by atoms with Crippen LogP contribution in [0, 0.1) is 11.3 Å². The van der Waals surface area contributed by atoms with Gasteiger partial charge in [-0.1, -0.05) is 23.2 Å². The molecule has 0 radical (unpaired) electrons.